The maximum absolute atomic E-state index is 5.75. The molecule has 1 nitrogen and oxygen atoms in total. The van der Waals surface area contributed by atoms with Gasteiger partial charge in [0.2, 0.25) is 0 Å². The number of methoxy groups -OCH3 is 1. The van der Waals surface area contributed by atoms with Gasteiger partial charge < -0.3 is 4.74 Å². The van der Waals surface area contributed by atoms with Crippen LogP contribution < -0.4 is 0 Å². The molecule has 0 fully saturated rings. The minimum absolute atomic E-state index is 0.233. The first kappa shape index (κ1) is 12.0. The quantitative estimate of drug-likeness (QED) is 0.663. The molecule has 0 aliphatic rings. The maximum atomic E-state index is 5.75. The van der Waals surface area contributed by atoms with Gasteiger partial charge in [0.15, 0.2) is 0 Å². The Morgan fingerprint density at radius 3 is 2.33 bits per heavy atom. The topological polar surface area (TPSA) is 9.23 Å². The first-order valence-electron chi connectivity index (χ1n) is 5.39. The molecule has 0 saturated heterocycles. The fourth-order valence-corrected chi connectivity index (χ4v) is 2.06. The summed E-state index contributed by atoms with van der Waals surface area (Å²) in [5, 5.41) is 0. The lowest BCUT2D eigenvalue weighted by atomic mass is 9.80. The third kappa shape index (κ3) is 2.29. The largest absolute Gasteiger partial charge is 0.373 e. The van der Waals surface area contributed by atoms with Crippen LogP contribution in [-0.4, -0.2) is 7.11 Å². The van der Waals surface area contributed by atoms with E-state index in [0.717, 1.165) is 6.42 Å². The van der Waals surface area contributed by atoms with Gasteiger partial charge in [0, 0.05) is 7.11 Å². The fourth-order valence-electron chi connectivity index (χ4n) is 2.06. The average Bonchev–Trinajstić information content (AvgIpc) is 2.26. The van der Waals surface area contributed by atoms with Gasteiger partial charge in [-0.2, -0.15) is 0 Å². The van der Waals surface area contributed by atoms with E-state index in [-0.39, 0.29) is 5.60 Å². The highest BCUT2D eigenvalue weighted by Crippen LogP contribution is 2.36. The summed E-state index contributed by atoms with van der Waals surface area (Å²) in [5.74, 6) is 0.419. The maximum Gasteiger partial charge on any atom is 0.0984 e. The Bertz CT molecular complexity index is 302. The van der Waals surface area contributed by atoms with Crippen molar-refractivity contribution in [3.8, 4) is 0 Å². The molecule has 1 aromatic rings. The molecule has 1 heteroatoms. The smallest absolute Gasteiger partial charge is 0.0984 e. The Morgan fingerprint density at radius 2 is 1.93 bits per heavy atom. The van der Waals surface area contributed by atoms with E-state index in [1.807, 2.05) is 12.1 Å². The predicted octanol–water partition coefficient (Wildman–Crippen LogP) is 3.76. The molecule has 0 aliphatic carbocycles. The van der Waals surface area contributed by atoms with Crippen LogP contribution in [0.4, 0.5) is 0 Å². The molecule has 0 amide bonds. The molecule has 1 unspecified atom stereocenters. The Labute approximate surface area is 92.8 Å². The lowest BCUT2D eigenvalue weighted by molar-refractivity contribution is -0.0512. The molecule has 1 atom stereocenters. The lowest BCUT2D eigenvalue weighted by Crippen LogP contribution is -2.33. The number of ether oxygens (including phenoxy) is 1. The molecule has 15 heavy (non-hydrogen) atoms. The Balaban J connectivity index is 3.15. The second kappa shape index (κ2) is 5.13. The Morgan fingerprint density at radius 1 is 1.33 bits per heavy atom. The number of rotatable bonds is 5. The van der Waals surface area contributed by atoms with E-state index in [4.69, 9.17) is 4.74 Å². The number of hydrogen-bond donors (Lipinski definition) is 0. The Hall–Kier alpha value is -1.08. The van der Waals surface area contributed by atoms with Crippen LogP contribution in [0.25, 0.3) is 0 Å². The van der Waals surface area contributed by atoms with Crippen molar-refractivity contribution in [2.45, 2.75) is 25.9 Å². The van der Waals surface area contributed by atoms with Gasteiger partial charge in [-0.3, -0.25) is 0 Å². The van der Waals surface area contributed by atoms with Crippen LogP contribution in [0.3, 0.4) is 0 Å². The van der Waals surface area contributed by atoms with Crippen molar-refractivity contribution < 1.29 is 4.74 Å². The summed E-state index contributed by atoms with van der Waals surface area (Å²) in [6, 6.07) is 10.4. The van der Waals surface area contributed by atoms with Crippen molar-refractivity contribution in [3.63, 3.8) is 0 Å². The van der Waals surface area contributed by atoms with Gasteiger partial charge in [-0.25, -0.2) is 0 Å². The lowest BCUT2D eigenvalue weighted by Gasteiger charge is -2.36. The molecule has 82 valence electrons. The zero-order valence-corrected chi connectivity index (χ0v) is 9.86. The summed E-state index contributed by atoms with van der Waals surface area (Å²) >= 11 is 0. The molecule has 1 rings (SSSR count). The highest BCUT2D eigenvalue weighted by Gasteiger charge is 2.34. The van der Waals surface area contributed by atoms with Crippen LogP contribution in [0.1, 0.15) is 25.8 Å². The molecule has 0 aromatic heterocycles. The standard InChI is InChI=1S/C14H20O/c1-5-11-14(15-4,12(2)3)13-9-7-6-8-10-13/h5-10,12H,1,11H2,2-4H3. The number of benzene rings is 1. The van der Waals surface area contributed by atoms with E-state index in [9.17, 15) is 0 Å². The molecular formula is C14H20O. The third-order valence-corrected chi connectivity index (χ3v) is 3.01. The Kier molecular flexibility index (Phi) is 4.10. The van der Waals surface area contributed by atoms with Crippen LogP contribution in [0.5, 0.6) is 0 Å². The minimum Gasteiger partial charge on any atom is -0.373 e. The van der Waals surface area contributed by atoms with E-state index in [2.05, 4.69) is 44.7 Å². The summed E-state index contributed by atoms with van der Waals surface area (Å²) in [7, 11) is 1.77. The minimum atomic E-state index is -0.233. The van der Waals surface area contributed by atoms with Gasteiger partial charge in [0.1, 0.15) is 0 Å². The molecular weight excluding hydrogens is 184 g/mol. The van der Waals surface area contributed by atoms with Crippen LogP contribution in [0, 0.1) is 5.92 Å². The van der Waals surface area contributed by atoms with Crippen molar-refractivity contribution in [2.75, 3.05) is 7.11 Å². The van der Waals surface area contributed by atoms with Crippen LogP contribution >= 0.6 is 0 Å². The second-order valence-electron chi connectivity index (χ2n) is 4.11. The van der Waals surface area contributed by atoms with Crippen LogP contribution in [0.15, 0.2) is 43.0 Å². The summed E-state index contributed by atoms with van der Waals surface area (Å²) < 4.78 is 5.75. The molecule has 1 aromatic carbocycles. The van der Waals surface area contributed by atoms with E-state index in [1.165, 1.54) is 5.56 Å². The molecule has 0 heterocycles. The summed E-state index contributed by atoms with van der Waals surface area (Å²) in [6.07, 6.45) is 2.77. The van der Waals surface area contributed by atoms with Crippen molar-refractivity contribution in [2.24, 2.45) is 5.92 Å². The first-order chi connectivity index (χ1) is 7.17. The number of hydrogen-bond acceptors (Lipinski definition) is 1. The van der Waals surface area contributed by atoms with Gasteiger partial charge >= 0.3 is 0 Å². The van der Waals surface area contributed by atoms with Crippen molar-refractivity contribution in [1.29, 1.82) is 0 Å². The molecule has 0 aliphatic heterocycles. The van der Waals surface area contributed by atoms with Gasteiger partial charge in [-0.1, -0.05) is 50.3 Å². The summed E-state index contributed by atoms with van der Waals surface area (Å²) in [6.45, 7) is 8.18. The molecule has 0 radical (unpaired) electrons. The summed E-state index contributed by atoms with van der Waals surface area (Å²) in [5.41, 5.74) is 0.991. The van der Waals surface area contributed by atoms with Gasteiger partial charge in [-0.15, -0.1) is 6.58 Å². The molecule has 0 bridgehead atoms. The van der Waals surface area contributed by atoms with Crippen molar-refractivity contribution >= 4 is 0 Å². The highest BCUT2D eigenvalue weighted by molar-refractivity contribution is 5.24. The normalized spacial score (nSPS) is 14.9. The van der Waals surface area contributed by atoms with Gasteiger partial charge in [-0.05, 0) is 17.9 Å². The van der Waals surface area contributed by atoms with Crippen molar-refractivity contribution in [1.82, 2.24) is 0 Å². The zero-order valence-electron chi connectivity index (χ0n) is 9.86. The monoisotopic (exact) mass is 204 g/mol. The second-order valence-corrected chi connectivity index (χ2v) is 4.11. The van der Waals surface area contributed by atoms with Crippen LogP contribution in [0.2, 0.25) is 0 Å². The highest BCUT2D eigenvalue weighted by atomic mass is 16.5. The third-order valence-electron chi connectivity index (χ3n) is 3.01. The SMILES string of the molecule is C=CCC(OC)(c1ccccc1)C(C)C. The summed E-state index contributed by atoms with van der Waals surface area (Å²) in [4.78, 5) is 0. The van der Waals surface area contributed by atoms with E-state index < -0.39 is 0 Å². The van der Waals surface area contributed by atoms with E-state index in [1.54, 1.807) is 7.11 Å². The van der Waals surface area contributed by atoms with Gasteiger partial charge in [0.05, 0.1) is 5.60 Å². The van der Waals surface area contributed by atoms with E-state index >= 15 is 0 Å². The average molecular weight is 204 g/mol. The molecule has 0 saturated carbocycles. The zero-order chi connectivity index (χ0) is 11.3. The van der Waals surface area contributed by atoms with E-state index in [0.29, 0.717) is 5.92 Å². The van der Waals surface area contributed by atoms with Crippen molar-refractivity contribution in [3.05, 3.63) is 48.6 Å². The van der Waals surface area contributed by atoms with Crippen LogP contribution in [-0.2, 0) is 10.3 Å². The fraction of sp³-hybridized carbons (Fsp3) is 0.429. The first-order valence-corrected chi connectivity index (χ1v) is 5.39. The predicted molar refractivity (Wildman–Crippen MR) is 64.8 cm³/mol. The van der Waals surface area contributed by atoms with Gasteiger partial charge in [0.25, 0.3) is 0 Å². The molecule has 0 N–H and O–H groups in total. The molecule has 0 spiro atoms.